The molecule has 12 nitrogen and oxygen atoms in total. The van der Waals surface area contributed by atoms with Crippen molar-refractivity contribution in [1.82, 2.24) is 19.9 Å². The molecule has 47 heavy (non-hydrogen) atoms. The van der Waals surface area contributed by atoms with E-state index in [1.807, 2.05) is 18.2 Å². The van der Waals surface area contributed by atoms with Crippen molar-refractivity contribution in [2.24, 2.45) is 11.8 Å². The molecule has 1 aliphatic carbocycles. The maximum Gasteiger partial charge on any atom is 0.307 e. The molecule has 12 heteroatoms. The number of likely N-dealkylation sites (tertiary alicyclic amines) is 1. The van der Waals surface area contributed by atoms with Crippen molar-refractivity contribution >= 4 is 29.6 Å². The molecule has 1 saturated heterocycles. The number of fused-ring (bicyclic) bond motifs is 2. The topological polar surface area (TPSA) is 151 Å². The molecule has 4 aliphatic rings. The Morgan fingerprint density at radius 2 is 1.68 bits per heavy atom. The largest absolute Gasteiger partial charge is 0.488 e. The number of aryl methyl sites for hydroxylation is 1. The first-order valence-corrected chi connectivity index (χ1v) is 16.2. The van der Waals surface area contributed by atoms with Crippen LogP contribution in [0, 0.1) is 18.8 Å². The third-order valence-electron chi connectivity index (χ3n) is 9.98. The Balaban J connectivity index is 1.21. The number of aromatic nitrogens is 1. The number of carbonyl (C=O) groups is 5. The van der Waals surface area contributed by atoms with E-state index in [2.05, 4.69) is 5.16 Å². The number of carboxylic acid groups (broad SMARTS) is 1. The first kappa shape index (κ1) is 30.6. The SMILES string of the molecule is Cc1cc(C(=O)N2CCC(Oc3cccc4c3[C@@H](CN3C(=O)c5ccccc5C3=O)N(C(=O)C3CCCC[C@H]3C(=O)O)CC4)C2)no1. The van der Waals surface area contributed by atoms with E-state index in [0.29, 0.717) is 73.5 Å². The number of hydrogen-bond acceptors (Lipinski definition) is 8. The quantitative estimate of drug-likeness (QED) is 0.380. The van der Waals surface area contributed by atoms with Crippen molar-refractivity contribution in [3.05, 3.63) is 82.2 Å². The summed E-state index contributed by atoms with van der Waals surface area (Å²) < 4.78 is 11.7. The summed E-state index contributed by atoms with van der Waals surface area (Å²) >= 11 is 0. The molecule has 2 unspecified atom stereocenters. The summed E-state index contributed by atoms with van der Waals surface area (Å²) in [7, 11) is 0. The van der Waals surface area contributed by atoms with Gasteiger partial charge in [-0.25, -0.2) is 0 Å². The van der Waals surface area contributed by atoms with Gasteiger partial charge in [0.2, 0.25) is 5.91 Å². The predicted molar refractivity (Wildman–Crippen MR) is 166 cm³/mol. The molecule has 244 valence electrons. The second-order valence-corrected chi connectivity index (χ2v) is 12.8. The lowest BCUT2D eigenvalue weighted by Gasteiger charge is -2.42. The molecule has 2 fully saturated rings. The van der Waals surface area contributed by atoms with Crippen LogP contribution in [-0.4, -0.2) is 86.8 Å². The minimum absolute atomic E-state index is 0.100. The molecule has 2 aromatic carbocycles. The monoisotopic (exact) mass is 640 g/mol. The lowest BCUT2D eigenvalue weighted by atomic mass is 9.77. The number of ether oxygens (including phenoxy) is 1. The first-order chi connectivity index (χ1) is 22.7. The van der Waals surface area contributed by atoms with Crippen LogP contribution in [0.5, 0.6) is 5.75 Å². The summed E-state index contributed by atoms with van der Waals surface area (Å²) in [6.07, 6.45) is 3.12. The van der Waals surface area contributed by atoms with Crippen LogP contribution in [-0.2, 0) is 16.0 Å². The van der Waals surface area contributed by atoms with Crippen LogP contribution < -0.4 is 4.74 Å². The fraction of sp³-hybridized carbons (Fsp3) is 0.429. The number of rotatable bonds is 7. The van der Waals surface area contributed by atoms with Crippen molar-refractivity contribution in [3.63, 3.8) is 0 Å². The minimum atomic E-state index is -0.984. The smallest absolute Gasteiger partial charge is 0.307 e. The molecule has 7 rings (SSSR count). The summed E-state index contributed by atoms with van der Waals surface area (Å²) in [5.41, 5.74) is 2.48. The maximum absolute atomic E-state index is 14.3. The number of amides is 4. The van der Waals surface area contributed by atoms with E-state index in [9.17, 15) is 29.1 Å². The third-order valence-corrected chi connectivity index (χ3v) is 9.98. The number of benzene rings is 2. The molecule has 1 saturated carbocycles. The average molecular weight is 641 g/mol. The molecule has 3 aromatic rings. The van der Waals surface area contributed by atoms with Crippen LogP contribution in [0.15, 0.2) is 53.1 Å². The van der Waals surface area contributed by atoms with Crippen LogP contribution in [0.2, 0.25) is 0 Å². The van der Waals surface area contributed by atoms with Gasteiger partial charge in [-0.1, -0.05) is 42.3 Å². The van der Waals surface area contributed by atoms with Gasteiger partial charge in [0, 0.05) is 31.1 Å². The number of nitrogens with zero attached hydrogens (tertiary/aromatic N) is 4. The van der Waals surface area contributed by atoms with Crippen molar-refractivity contribution in [2.75, 3.05) is 26.2 Å². The van der Waals surface area contributed by atoms with Crippen molar-refractivity contribution in [2.45, 2.75) is 57.6 Å². The normalized spacial score (nSPS) is 23.9. The second-order valence-electron chi connectivity index (χ2n) is 12.8. The van der Waals surface area contributed by atoms with Gasteiger partial charge in [0.15, 0.2) is 5.69 Å². The Labute approximate surface area is 271 Å². The fourth-order valence-electron chi connectivity index (χ4n) is 7.63. The highest BCUT2D eigenvalue weighted by Crippen LogP contribution is 2.42. The number of carboxylic acids is 1. The highest BCUT2D eigenvalue weighted by Gasteiger charge is 2.45. The molecule has 1 N–H and O–H groups in total. The lowest BCUT2D eigenvalue weighted by molar-refractivity contribution is -0.153. The van der Waals surface area contributed by atoms with E-state index < -0.39 is 35.7 Å². The number of aliphatic carboxylic acids is 1. The minimum Gasteiger partial charge on any atom is -0.488 e. The van der Waals surface area contributed by atoms with E-state index in [1.54, 1.807) is 47.1 Å². The Bertz CT molecular complexity index is 1730. The molecule has 0 radical (unpaired) electrons. The van der Waals surface area contributed by atoms with Gasteiger partial charge in [0.1, 0.15) is 17.6 Å². The van der Waals surface area contributed by atoms with Crippen LogP contribution >= 0.6 is 0 Å². The van der Waals surface area contributed by atoms with E-state index in [-0.39, 0.29) is 30.2 Å². The Hall–Kier alpha value is -5.00. The zero-order valence-corrected chi connectivity index (χ0v) is 26.1. The van der Waals surface area contributed by atoms with Crippen LogP contribution in [0.4, 0.5) is 0 Å². The fourth-order valence-corrected chi connectivity index (χ4v) is 7.63. The Morgan fingerprint density at radius 1 is 0.957 bits per heavy atom. The summed E-state index contributed by atoms with van der Waals surface area (Å²) in [6, 6.07) is 13.1. The third kappa shape index (κ3) is 5.55. The first-order valence-electron chi connectivity index (χ1n) is 16.2. The van der Waals surface area contributed by atoms with Gasteiger partial charge >= 0.3 is 5.97 Å². The predicted octanol–water partition coefficient (Wildman–Crippen LogP) is 3.89. The lowest BCUT2D eigenvalue weighted by Crippen LogP contribution is -2.50. The van der Waals surface area contributed by atoms with Gasteiger partial charge in [0.05, 0.1) is 42.1 Å². The van der Waals surface area contributed by atoms with Crippen LogP contribution in [0.25, 0.3) is 0 Å². The maximum atomic E-state index is 14.3. The number of hydrogen-bond donors (Lipinski definition) is 1. The van der Waals surface area contributed by atoms with Gasteiger partial charge < -0.3 is 24.2 Å². The van der Waals surface area contributed by atoms with Gasteiger partial charge in [-0.05, 0) is 49.9 Å². The van der Waals surface area contributed by atoms with E-state index in [0.717, 1.165) is 18.4 Å². The summed E-state index contributed by atoms with van der Waals surface area (Å²) in [5.74, 6) is -2.81. The summed E-state index contributed by atoms with van der Waals surface area (Å²) in [4.78, 5) is 71.2. The molecular weight excluding hydrogens is 604 g/mol. The highest BCUT2D eigenvalue weighted by molar-refractivity contribution is 6.21. The molecule has 0 bridgehead atoms. The molecule has 4 atom stereocenters. The van der Waals surface area contributed by atoms with Crippen molar-refractivity contribution in [3.8, 4) is 5.75 Å². The molecular formula is C35H36N4O8. The van der Waals surface area contributed by atoms with Crippen LogP contribution in [0.3, 0.4) is 0 Å². The van der Waals surface area contributed by atoms with E-state index in [1.165, 1.54) is 4.90 Å². The van der Waals surface area contributed by atoms with E-state index in [4.69, 9.17) is 9.26 Å². The summed E-state index contributed by atoms with van der Waals surface area (Å²) in [5, 5.41) is 13.8. The second kappa shape index (κ2) is 12.3. The zero-order chi connectivity index (χ0) is 32.8. The Morgan fingerprint density at radius 3 is 2.36 bits per heavy atom. The molecule has 4 amide bonds. The van der Waals surface area contributed by atoms with Crippen molar-refractivity contribution < 1.29 is 38.3 Å². The van der Waals surface area contributed by atoms with Crippen LogP contribution in [0.1, 0.15) is 86.2 Å². The van der Waals surface area contributed by atoms with Crippen molar-refractivity contribution in [1.29, 1.82) is 0 Å². The van der Waals surface area contributed by atoms with Gasteiger partial charge in [0.25, 0.3) is 17.7 Å². The Kier molecular flexibility index (Phi) is 8.03. The standard InChI is InChI=1S/C35H36N4O8/c1-20-17-27(36-47-20)34(43)37-15-14-22(18-37)46-29-12-6-7-21-13-16-38(31(40)25-10-4-5-11-26(25)35(44)45)28(30(21)29)19-39-32(41)23-8-2-3-9-24(23)33(39)42/h2-3,6-9,12,17,22,25-26,28H,4-5,10-11,13-16,18-19H2,1H3,(H,44,45)/t22?,25?,26-,28-/m1/s1. The highest BCUT2D eigenvalue weighted by atomic mass is 16.5. The molecule has 4 heterocycles. The van der Waals surface area contributed by atoms with Gasteiger partial charge in [-0.3, -0.25) is 28.9 Å². The van der Waals surface area contributed by atoms with Gasteiger partial charge in [-0.2, -0.15) is 0 Å². The molecule has 3 aliphatic heterocycles. The number of imide groups is 1. The molecule has 1 aromatic heterocycles. The number of carbonyl (C=O) groups excluding carboxylic acids is 4. The van der Waals surface area contributed by atoms with E-state index >= 15 is 0 Å². The average Bonchev–Trinajstić information content (AvgIpc) is 3.80. The molecule has 0 spiro atoms. The van der Waals surface area contributed by atoms with Gasteiger partial charge in [-0.15, -0.1) is 0 Å². The zero-order valence-electron chi connectivity index (χ0n) is 26.1. The summed E-state index contributed by atoms with van der Waals surface area (Å²) in [6.45, 7) is 2.72.